The molecule has 0 fully saturated rings. The average molecular weight is 479 g/mol. The fraction of sp³-hybridized carbons (Fsp3) is 0.455. The molecule has 162 valence electrons. The van der Waals surface area contributed by atoms with Gasteiger partial charge in [-0.2, -0.15) is 0 Å². The van der Waals surface area contributed by atoms with Gasteiger partial charge in [0.25, 0.3) is 0 Å². The van der Waals surface area contributed by atoms with E-state index in [2.05, 4.69) is 48.5 Å². The Balaban J connectivity index is 1.78. The molecule has 0 saturated carbocycles. The zero-order valence-corrected chi connectivity index (χ0v) is 21.7. The van der Waals surface area contributed by atoms with Gasteiger partial charge in [0.15, 0.2) is 29.9 Å². The van der Waals surface area contributed by atoms with Crippen molar-refractivity contribution in [2.75, 3.05) is 39.9 Å². The second kappa shape index (κ2) is 13.7. The largest absolute Gasteiger partial charge is 0.357 e. The maximum atomic E-state index is 5.78. The summed E-state index contributed by atoms with van der Waals surface area (Å²) in [4.78, 5) is 0. The van der Waals surface area contributed by atoms with E-state index in [0.29, 0.717) is 19.0 Å². The second-order valence-corrected chi connectivity index (χ2v) is 12.3. The lowest BCUT2D eigenvalue weighted by Crippen LogP contribution is -2.46. The molecule has 2 aromatic carbocycles. The van der Waals surface area contributed by atoms with Gasteiger partial charge in [0.2, 0.25) is 0 Å². The molecule has 0 aliphatic carbocycles. The van der Waals surface area contributed by atoms with Crippen LogP contribution < -0.4 is 10.4 Å². The summed E-state index contributed by atoms with van der Waals surface area (Å²) in [6.07, 6.45) is 1.66. The van der Waals surface area contributed by atoms with E-state index in [-0.39, 0.29) is 0 Å². The molecule has 0 saturated heterocycles. The number of benzene rings is 2. The first-order chi connectivity index (χ1) is 14.6. The Kier molecular flexibility index (Phi) is 11.8. The van der Waals surface area contributed by atoms with E-state index >= 15 is 0 Å². The lowest BCUT2D eigenvalue weighted by atomic mass is 10.4. The number of hydrogen-bond donors (Lipinski definition) is 0. The van der Waals surface area contributed by atoms with Crippen LogP contribution in [0.1, 0.15) is 12.8 Å². The van der Waals surface area contributed by atoms with Crippen LogP contribution in [-0.4, -0.2) is 69.8 Å². The highest BCUT2D eigenvalue weighted by atomic mass is 33.1. The predicted molar refractivity (Wildman–Crippen MR) is 131 cm³/mol. The molecule has 0 bridgehead atoms. The SMILES string of the molecule is COC(CCSSCCC(OC)(OC)[Si]c1ccccc1)(OC)[Si]c1ccccc1. The Bertz CT molecular complexity index is 637. The van der Waals surface area contributed by atoms with E-state index in [0.717, 1.165) is 24.3 Å². The molecule has 2 aromatic rings. The third-order valence-corrected chi connectivity index (χ3v) is 10.4. The van der Waals surface area contributed by atoms with Gasteiger partial charge in [0.05, 0.1) is 0 Å². The molecule has 0 atom stereocenters. The minimum atomic E-state index is -0.563. The van der Waals surface area contributed by atoms with Crippen molar-refractivity contribution >= 4 is 51.0 Å². The lowest BCUT2D eigenvalue weighted by molar-refractivity contribution is -0.144. The third-order valence-electron chi connectivity index (χ3n) is 4.65. The van der Waals surface area contributed by atoms with Crippen molar-refractivity contribution in [1.82, 2.24) is 0 Å². The molecule has 4 nitrogen and oxygen atoms in total. The predicted octanol–water partition coefficient (Wildman–Crippen LogP) is 3.10. The van der Waals surface area contributed by atoms with Crippen LogP contribution in [0.5, 0.6) is 0 Å². The van der Waals surface area contributed by atoms with E-state index in [4.69, 9.17) is 18.9 Å². The summed E-state index contributed by atoms with van der Waals surface area (Å²) in [7, 11) is 11.5. The lowest BCUT2D eigenvalue weighted by Gasteiger charge is -2.31. The van der Waals surface area contributed by atoms with Gasteiger partial charge in [-0.3, -0.25) is 0 Å². The van der Waals surface area contributed by atoms with Crippen molar-refractivity contribution in [2.45, 2.75) is 23.7 Å². The summed E-state index contributed by atoms with van der Waals surface area (Å²) in [6.45, 7) is 0. The molecule has 4 radical (unpaired) electrons. The molecule has 0 aliphatic rings. The molecule has 30 heavy (non-hydrogen) atoms. The highest BCUT2D eigenvalue weighted by Crippen LogP contribution is 2.29. The van der Waals surface area contributed by atoms with Crippen molar-refractivity contribution in [2.24, 2.45) is 0 Å². The summed E-state index contributed by atoms with van der Waals surface area (Å²) in [5, 5.41) is 2.48. The van der Waals surface area contributed by atoms with Crippen molar-refractivity contribution < 1.29 is 18.9 Å². The van der Waals surface area contributed by atoms with Crippen LogP contribution in [0.3, 0.4) is 0 Å². The standard InChI is InChI=1S/C22H30O4S2Si2/c1-23-21(24-2,29-19-11-7-5-8-12-19)15-17-27-28-18-16-22(25-3,26-4)30-20-13-9-6-10-14-20/h5-14H,15-18H2,1-4H3. The van der Waals surface area contributed by atoms with Crippen molar-refractivity contribution in [3.63, 3.8) is 0 Å². The highest BCUT2D eigenvalue weighted by molar-refractivity contribution is 8.76. The Labute approximate surface area is 193 Å². The molecular formula is C22H30O4S2Si2. The Hall–Kier alpha value is -0.586. The monoisotopic (exact) mass is 478 g/mol. The topological polar surface area (TPSA) is 36.9 Å². The van der Waals surface area contributed by atoms with Crippen LogP contribution in [0.15, 0.2) is 60.7 Å². The van der Waals surface area contributed by atoms with Crippen LogP contribution in [-0.2, 0) is 18.9 Å². The van der Waals surface area contributed by atoms with E-state index in [1.165, 1.54) is 10.4 Å². The van der Waals surface area contributed by atoms with Crippen LogP contribution in [0, 0.1) is 0 Å². The van der Waals surface area contributed by atoms with Crippen molar-refractivity contribution in [1.29, 1.82) is 0 Å². The van der Waals surface area contributed by atoms with Crippen LogP contribution in [0.25, 0.3) is 0 Å². The van der Waals surface area contributed by atoms with Gasteiger partial charge in [-0.25, -0.2) is 0 Å². The molecule has 0 aliphatic heterocycles. The maximum Gasteiger partial charge on any atom is 0.161 e. The maximum absolute atomic E-state index is 5.78. The van der Waals surface area contributed by atoms with E-state index < -0.39 is 10.8 Å². The second-order valence-electron chi connectivity index (χ2n) is 6.45. The van der Waals surface area contributed by atoms with Crippen molar-refractivity contribution in [3.8, 4) is 0 Å². The number of ether oxygens (including phenoxy) is 4. The van der Waals surface area contributed by atoms with E-state index in [9.17, 15) is 0 Å². The molecule has 0 N–H and O–H groups in total. The number of methoxy groups -OCH3 is 4. The zero-order chi connectivity index (χ0) is 21.7. The molecule has 0 unspecified atom stereocenters. The number of rotatable bonds is 15. The Morgan fingerprint density at radius 3 is 1.23 bits per heavy atom. The molecule has 8 heteroatoms. The summed E-state index contributed by atoms with van der Waals surface area (Å²) in [5.74, 6) is 1.89. The normalized spacial score (nSPS) is 12.3. The molecule has 0 aromatic heterocycles. The third kappa shape index (κ3) is 8.16. The Morgan fingerprint density at radius 1 is 0.600 bits per heavy atom. The van der Waals surface area contributed by atoms with Gasteiger partial charge in [-0.15, -0.1) is 0 Å². The Morgan fingerprint density at radius 2 is 0.933 bits per heavy atom. The summed E-state index contributed by atoms with van der Waals surface area (Å²) < 4.78 is 23.1. The summed E-state index contributed by atoms with van der Waals surface area (Å²) in [5.41, 5.74) is -1.13. The molecular weight excluding hydrogens is 449 g/mol. The minimum absolute atomic E-state index is 0.447. The molecule has 0 amide bonds. The summed E-state index contributed by atoms with van der Waals surface area (Å²) >= 11 is 0. The number of hydrogen-bond acceptors (Lipinski definition) is 6. The average Bonchev–Trinajstić information content (AvgIpc) is 2.81. The van der Waals surface area contributed by atoms with E-state index in [1.807, 2.05) is 33.7 Å². The van der Waals surface area contributed by atoms with Gasteiger partial charge in [0, 0.05) is 52.8 Å². The smallest absolute Gasteiger partial charge is 0.161 e. The van der Waals surface area contributed by atoms with Crippen molar-refractivity contribution in [3.05, 3.63) is 60.7 Å². The zero-order valence-electron chi connectivity index (χ0n) is 18.1. The fourth-order valence-electron chi connectivity index (χ4n) is 2.86. The molecule has 0 spiro atoms. The first kappa shape index (κ1) is 25.7. The minimum Gasteiger partial charge on any atom is -0.357 e. The van der Waals surface area contributed by atoms with Gasteiger partial charge in [0.1, 0.15) is 0 Å². The van der Waals surface area contributed by atoms with Crippen LogP contribution >= 0.6 is 21.6 Å². The molecule has 0 heterocycles. The van der Waals surface area contributed by atoms with Crippen LogP contribution in [0.4, 0.5) is 0 Å². The van der Waals surface area contributed by atoms with Gasteiger partial charge >= 0.3 is 0 Å². The fourth-order valence-corrected chi connectivity index (χ4v) is 7.87. The van der Waals surface area contributed by atoms with Gasteiger partial charge < -0.3 is 18.9 Å². The highest BCUT2D eigenvalue weighted by Gasteiger charge is 2.32. The van der Waals surface area contributed by atoms with E-state index in [1.54, 1.807) is 28.4 Å². The van der Waals surface area contributed by atoms with Crippen LogP contribution in [0.2, 0.25) is 0 Å². The van der Waals surface area contributed by atoms with Gasteiger partial charge in [-0.05, 0) is 0 Å². The first-order valence-corrected chi connectivity index (χ1v) is 14.2. The molecule has 2 rings (SSSR count). The first-order valence-electron chi connectivity index (χ1n) is 9.72. The quantitative estimate of drug-likeness (QED) is 0.169. The summed E-state index contributed by atoms with van der Waals surface area (Å²) in [6, 6.07) is 20.7. The van der Waals surface area contributed by atoms with Gasteiger partial charge in [-0.1, -0.05) is 92.6 Å².